The van der Waals surface area contributed by atoms with Gasteiger partial charge in [-0.1, -0.05) is 19.4 Å². The number of hydrogen-bond donors (Lipinski definition) is 2. The zero-order chi connectivity index (χ0) is 13.9. The molecule has 19 heavy (non-hydrogen) atoms. The molecule has 0 aliphatic carbocycles. The third kappa shape index (κ3) is 6.88. The van der Waals surface area contributed by atoms with Gasteiger partial charge in [-0.2, -0.15) is 0 Å². The molecule has 0 aliphatic rings. The molecule has 0 bridgehead atoms. The molecule has 0 saturated carbocycles. The Bertz CT molecular complexity index is 383. The Labute approximate surface area is 114 Å². The van der Waals surface area contributed by atoms with Gasteiger partial charge in [-0.25, -0.2) is 9.78 Å². The van der Waals surface area contributed by atoms with E-state index in [0.29, 0.717) is 6.54 Å². The molecule has 0 aliphatic heterocycles. The number of nitrogens with zero attached hydrogens (tertiary/aromatic N) is 1. The predicted octanol–water partition coefficient (Wildman–Crippen LogP) is 2.08. The minimum atomic E-state index is -0.994. The molecule has 0 amide bonds. The summed E-state index contributed by atoms with van der Waals surface area (Å²) in [5, 5.41) is 12.0. The highest BCUT2D eigenvalue weighted by Crippen LogP contribution is 1.99. The summed E-state index contributed by atoms with van der Waals surface area (Å²) in [6.45, 7) is 5.15. The Morgan fingerprint density at radius 1 is 1.37 bits per heavy atom. The van der Waals surface area contributed by atoms with Gasteiger partial charge in [-0.15, -0.1) is 0 Å². The summed E-state index contributed by atoms with van der Waals surface area (Å²) in [5.41, 5.74) is 0.828. The molecule has 0 unspecified atom stereocenters. The number of aromatic nitrogens is 1. The molecule has 106 valence electrons. The van der Waals surface area contributed by atoms with Crippen LogP contribution in [0.15, 0.2) is 18.2 Å². The van der Waals surface area contributed by atoms with E-state index >= 15 is 0 Å². The lowest BCUT2D eigenvalue weighted by atomic mass is 10.3. The lowest BCUT2D eigenvalue weighted by Crippen LogP contribution is -2.18. The van der Waals surface area contributed by atoms with Crippen LogP contribution in [0.1, 0.15) is 42.4 Å². The van der Waals surface area contributed by atoms with Gasteiger partial charge in [-0.05, 0) is 31.5 Å². The Hall–Kier alpha value is -1.46. The summed E-state index contributed by atoms with van der Waals surface area (Å²) in [4.78, 5) is 14.8. The molecule has 0 spiro atoms. The van der Waals surface area contributed by atoms with Gasteiger partial charge < -0.3 is 15.2 Å². The lowest BCUT2D eigenvalue weighted by molar-refractivity contribution is 0.0690. The first-order chi connectivity index (χ1) is 9.24. The maximum Gasteiger partial charge on any atom is 0.354 e. The summed E-state index contributed by atoms with van der Waals surface area (Å²) in [6, 6.07) is 5.02. The maximum absolute atomic E-state index is 10.8. The number of aromatic carboxylic acids is 1. The summed E-state index contributed by atoms with van der Waals surface area (Å²) in [7, 11) is 0. The van der Waals surface area contributed by atoms with Crippen molar-refractivity contribution in [1.82, 2.24) is 10.3 Å². The molecule has 0 fully saturated rings. The zero-order valence-electron chi connectivity index (χ0n) is 11.4. The van der Waals surface area contributed by atoms with Gasteiger partial charge in [-0.3, -0.25) is 0 Å². The third-order valence-corrected chi connectivity index (χ3v) is 2.62. The van der Waals surface area contributed by atoms with E-state index in [1.54, 1.807) is 6.07 Å². The number of hydrogen-bond acceptors (Lipinski definition) is 4. The molecule has 0 saturated heterocycles. The second-order valence-electron chi connectivity index (χ2n) is 4.32. The van der Waals surface area contributed by atoms with E-state index in [9.17, 15) is 4.79 Å². The van der Waals surface area contributed by atoms with Crippen molar-refractivity contribution in [2.24, 2.45) is 0 Å². The number of rotatable bonds is 10. The standard InChI is InChI=1S/C14H22N2O3/c1-2-3-9-19-10-5-8-15-11-12-6-4-7-13(16-12)14(17)18/h4,6-7,15H,2-3,5,8-11H2,1H3,(H,17,18). The fourth-order valence-electron chi connectivity index (χ4n) is 1.56. The van der Waals surface area contributed by atoms with Crippen molar-refractivity contribution in [3.8, 4) is 0 Å². The summed E-state index contributed by atoms with van der Waals surface area (Å²) >= 11 is 0. The first-order valence-electron chi connectivity index (χ1n) is 6.71. The minimum Gasteiger partial charge on any atom is -0.477 e. The van der Waals surface area contributed by atoms with E-state index in [-0.39, 0.29) is 5.69 Å². The lowest BCUT2D eigenvalue weighted by Gasteiger charge is -2.06. The van der Waals surface area contributed by atoms with E-state index < -0.39 is 5.97 Å². The van der Waals surface area contributed by atoms with Gasteiger partial charge in [0.2, 0.25) is 0 Å². The van der Waals surface area contributed by atoms with E-state index in [1.165, 1.54) is 6.07 Å². The average molecular weight is 266 g/mol. The van der Waals surface area contributed by atoms with Crippen LogP contribution in [0.5, 0.6) is 0 Å². The molecule has 1 aromatic heterocycles. The van der Waals surface area contributed by atoms with E-state index in [4.69, 9.17) is 9.84 Å². The number of unbranched alkanes of at least 4 members (excludes halogenated alkanes) is 1. The van der Waals surface area contributed by atoms with Crippen molar-refractivity contribution in [1.29, 1.82) is 0 Å². The summed E-state index contributed by atoms with van der Waals surface area (Å²) in [6.07, 6.45) is 3.21. The second-order valence-corrected chi connectivity index (χ2v) is 4.32. The Balaban J connectivity index is 2.12. The molecule has 0 atom stereocenters. The average Bonchev–Trinajstić information content (AvgIpc) is 2.42. The van der Waals surface area contributed by atoms with E-state index in [0.717, 1.165) is 44.7 Å². The molecule has 2 N–H and O–H groups in total. The van der Waals surface area contributed by atoms with Crippen LogP contribution in [0.3, 0.4) is 0 Å². The number of pyridine rings is 1. The van der Waals surface area contributed by atoms with Gasteiger partial charge >= 0.3 is 5.97 Å². The zero-order valence-corrected chi connectivity index (χ0v) is 11.4. The molecule has 5 nitrogen and oxygen atoms in total. The monoisotopic (exact) mass is 266 g/mol. The maximum atomic E-state index is 10.8. The first-order valence-corrected chi connectivity index (χ1v) is 6.71. The predicted molar refractivity (Wildman–Crippen MR) is 73.2 cm³/mol. The summed E-state index contributed by atoms with van der Waals surface area (Å²) < 4.78 is 5.44. The number of nitrogens with one attached hydrogen (secondary N) is 1. The molecule has 5 heteroatoms. The van der Waals surface area contributed by atoms with Crippen LogP contribution in [0.25, 0.3) is 0 Å². The quantitative estimate of drug-likeness (QED) is 0.634. The highest BCUT2D eigenvalue weighted by atomic mass is 16.5. The summed E-state index contributed by atoms with van der Waals surface area (Å²) in [5.74, 6) is -0.994. The van der Waals surface area contributed by atoms with Crippen LogP contribution in [0.2, 0.25) is 0 Å². The van der Waals surface area contributed by atoms with Gasteiger partial charge in [0.15, 0.2) is 0 Å². The number of ether oxygens (including phenoxy) is 1. The van der Waals surface area contributed by atoms with Gasteiger partial charge in [0.25, 0.3) is 0 Å². The molecule has 1 rings (SSSR count). The Morgan fingerprint density at radius 2 is 2.16 bits per heavy atom. The van der Waals surface area contributed by atoms with Crippen LogP contribution in [0.4, 0.5) is 0 Å². The van der Waals surface area contributed by atoms with Gasteiger partial charge in [0.05, 0.1) is 5.69 Å². The van der Waals surface area contributed by atoms with Crippen molar-refractivity contribution in [2.75, 3.05) is 19.8 Å². The SMILES string of the molecule is CCCCOCCCNCc1cccc(C(=O)O)n1. The molecular formula is C14H22N2O3. The topological polar surface area (TPSA) is 71.5 Å². The second kappa shape index (κ2) is 9.47. The highest BCUT2D eigenvalue weighted by molar-refractivity contribution is 5.85. The Kier molecular flexibility index (Phi) is 7.77. The van der Waals surface area contributed by atoms with Crippen molar-refractivity contribution in [3.63, 3.8) is 0 Å². The minimum absolute atomic E-state index is 0.0854. The number of carboxylic acid groups (broad SMARTS) is 1. The molecule has 1 aromatic rings. The first kappa shape index (κ1) is 15.6. The van der Waals surface area contributed by atoms with Crippen LogP contribution in [0, 0.1) is 0 Å². The van der Waals surface area contributed by atoms with Crippen LogP contribution in [-0.4, -0.2) is 35.8 Å². The van der Waals surface area contributed by atoms with Gasteiger partial charge in [0, 0.05) is 19.8 Å². The van der Waals surface area contributed by atoms with E-state index in [2.05, 4.69) is 17.2 Å². The number of carbonyl (C=O) groups is 1. The third-order valence-electron chi connectivity index (χ3n) is 2.62. The van der Waals surface area contributed by atoms with Crippen LogP contribution in [-0.2, 0) is 11.3 Å². The van der Waals surface area contributed by atoms with Crippen molar-refractivity contribution < 1.29 is 14.6 Å². The molecule has 0 aromatic carbocycles. The molecule has 1 heterocycles. The fourth-order valence-corrected chi connectivity index (χ4v) is 1.56. The Morgan fingerprint density at radius 3 is 2.89 bits per heavy atom. The molecular weight excluding hydrogens is 244 g/mol. The smallest absolute Gasteiger partial charge is 0.354 e. The highest BCUT2D eigenvalue weighted by Gasteiger charge is 2.04. The van der Waals surface area contributed by atoms with Crippen molar-refractivity contribution in [3.05, 3.63) is 29.6 Å². The van der Waals surface area contributed by atoms with Crippen LogP contribution < -0.4 is 5.32 Å². The van der Waals surface area contributed by atoms with Crippen molar-refractivity contribution >= 4 is 5.97 Å². The largest absolute Gasteiger partial charge is 0.477 e. The molecule has 0 radical (unpaired) electrons. The van der Waals surface area contributed by atoms with E-state index in [1.807, 2.05) is 6.07 Å². The normalized spacial score (nSPS) is 10.6. The van der Waals surface area contributed by atoms with Gasteiger partial charge in [0.1, 0.15) is 5.69 Å². The fraction of sp³-hybridized carbons (Fsp3) is 0.571. The number of carboxylic acids is 1. The van der Waals surface area contributed by atoms with Crippen molar-refractivity contribution in [2.45, 2.75) is 32.7 Å². The van der Waals surface area contributed by atoms with Crippen LogP contribution >= 0.6 is 0 Å².